The van der Waals surface area contributed by atoms with Crippen LogP contribution < -0.4 is 19.6 Å². The van der Waals surface area contributed by atoms with Gasteiger partial charge in [-0.15, -0.1) is 0 Å². The van der Waals surface area contributed by atoms with Crippen LogP contribution in [-0.4, -0.2) is 30.5 Å². The van der Waals surface area contributed by atoms with Gasteiger partial charge in [0.2, 0.25) is 11.2 Å². The molecule has 1 atom stereocenters. The van der Waals surface area contributed by atoms with Crippen LogP contribution in [0.5, 0.6) is 28.7 Å². The van der Waals surface area contributed by atoms with Crippen molar-refractivity contribution in [2.24, 2.45) is 0 Å². The second-order valence-corrected chi connectivity index (χ2v) is 6.91. The number of hydrogen-bond donors (Lipinski definition) is 2. The van der Waals surface area contributed by atoms with Gasteiger partial charge in [0.25, 0.3) is 0 Å². The maximum absolute atomic E-state index is 13.1. The van der Waals surface area contributed by atoms with Gasteiger partial charge in [0.05, 0.1) is 14.2 Å². The van der Waals surface area contributed by atoms with Crippen LogP contribution >= 0.6 is 0 Å². The Labute approximate surface area is 166 Å². The summed E-state index contributed by atoms with van der Waals surface area (Å²) in [5.74, 6) is 0.534. The van der Waals surface area contributed by atoms with Crippen molar-refractivity contribution in [2.45, 2.75) is 19.4 Å². The molecule has 0 radical (unpaired) electrons. The van der Waals surface area contributed by atoms with Crippen LogP contribution in [0.2, 0.25) is 0 Å². The number of methoxy groups -OCH3 is 2. The lowest BCUT2D eigenvalue weighted by atomic mass is 10.0. The van der Waals surface area contributed by atoms with Gasteiger partial charge in [-0.25, -0.2) is 0 Å². The molecule has 0 amide bonds. The van der Waals surface area contributed by atoms with Crippen molar-refractivity contribution in [1.82, 2.24) is 0 Å². The first kappa shape index (κ1) is 18.7. The average Bonchev–Trinajstić information content (AvgIpc) is 3.13. The predicted molar refractivity (Wildman–Crippen MR) is 107 cm³/mol. The fraction of sp³-hybridized carbons (Fsp3) is 0.227. The van der Waals surface area contributed by atoms with E-state index in [9.17, 15) is 15.0 Å². The van der Waals surface area contributed by atoms with Gasteiger partial charge in [-0.3, -0.25) is 4.79 Å². The normalized spacial score (nSPS) is 15.1. The number of ether oxygens (including phenoxy) is 3. The minimum atomic E-state index is -0.505. The largest absolute Gasteiger partial charge is 0.507 e. The Balaban J connectivity index is 1.98. The van der Waals surface area contributed by atoms with E-state index in [1.165, 1.54) is 26.4 Å². The average molecular weight is 396 g/mol. The van der Waals surface area contributed by atoms with Crippen LogP contribution in [0.3, 0.4) is 0 Å². The van der Waals surface area contributed by atoms with Crippen molar-refractivity contribution in [3.63, 3.8) is 0 Å². The minimum absolute atomic E-state index is 0.0288. The summed E-state index contributed by atoms with van der Waals surface area (Å²) in [5.41, 5.74) is 1.49. The molecule has 3 aromatic rings. The molecule has 7 heteroatoms. The van der Waals surface area contributed by atoms with Crippen molar-refractivity contribution >= 4 is 11.0 Å². The lowest BCUT2D eigenvalue weighted by molar-refractivity contribution is 0.271. The SMILES string of the molecule is C=C(C)[C@@H]1Cc2c(cc3oc(-c4ccc(O)c(OC)c4)c(OC)c(=O)c3c2O)O1. The number of aromatic hydroxyl groups is 2. The van der Waals surface area contributed by atoms with Crippen molar-refractivity contribution in [2.75, 3.05) is 14.2 Å². The van der Waals surface area contributed by atoms with Gasteiger partial charge >= 0.3 is 0 Å². The molecule has 0 fully saturated rings. The molecule has 1 aliphatic rings. The maximum Gasteiger partial charge on any atom is 0.239 e. The molecule has 7 nitrogen and oxygen atoms in total. The minimum Gasteiger partial charge on any atom is -0.507 e. The predicted octanol–water partition coefficient (Wildman–Crippen LogP) is 3.77. The van der Waals surface area contributed by atoms with Gasteiger partial charge in [-0.2, -0.15) is 0 Å². The summed E-state index contributed by atoms with van der Waals surface area (Å²) in [5, 5.41) is 20.6. The number of benzene rings is 2. The third-order valence-electron chi connectivity index (χ3n) is 5.03. The van der Waals surface area contributed by atoms with Crippen LogP contribution in [0.25, 0.3) is 22.3 Å². The van der Waals surface area contributed by atoms with Crippen molar-refractivity contribution in [1.29, 1.82) is 0 Å². The molecule has 29 heavy (non-hydrogen) atoms. The highest BCUT2D eigenvalue weighted by molar-refractivity contribution is 5.90. The summed E-state index contributed by atoms with van der Waals surface area (Å²) >= 11 is 0. The number of fused-ring (bicyclic) bond motifs is 2. The third kappa shape index (κ3) is 2.86. The molecular weight excluding hydrogens is 376 g/mol. The van der Waals surface area contributed by atoms with Gasteiger partial charge in [0, 0.05) is 23.6 Å². The third-order valence-corrected chi connectivity index (χ3v) is 5.03. The quantitative estimate of drug-likeness (QED) is 0.648. The van der Waals surface area contributed by atoms with E-state index < -0.39 is 5.43 Å². The standard InChI is InChI=1S/C22H20O7/c1-10(2)14-8-12-15(28-14)9-17-18(19(12)24)20(25)22(27-4)21(29-17)11-5-6-13(23)16(7-11)26-3/h5-7,9,14,23-24H,1,8H2,2-4H3/t14-/m0/s1. The molecule has 4 rings (SSSR count). The topological polar surface area (TPSA) is 98.4 Å². The van der Waals surface area contributed by atoms with Crippen LogP contribution in [0.4, 0.5) is 0 Å². The number of phenolic OH excluding ortho intramolecular Hbond substituents is 2. The van der Waals surface area contributed by atoms with E-state index in [4.69, 9.17) is 18.6 Å². The maximum atomic E-state index is 13.1. The van der Waals surface area contributed by atoms with Crippen LogP contribution in [0.15, 0.2) is 45.6 Å². The molecular formula is C22H20O7. The molecule has 1 aliphatic heterocycles. The first-order chi connectivity index (χ1) is 13.8. The Bertz CT molecular complexity index is 1210. The van der Waals surface area contributed by atoms with Crippen molar-refractivity contribution in [3.05, 3.63) is 52.2 Å². The summed E-state index contributed by atoms with van der Waals surface area (Å²) in [7, 11) is 2.77. The Hall–Kier alpha value is -3.61. The molecule has 0 unspecified atom stereocenters. The molecule has 2 aromatic carbocycles. The fourth-order valence-electron chi connectivity index (χ4n) is 3.49. The molecule has 1 aromatic heterocycles. The van der Waals surface area contributed by atoms with Crippen molar-refractivity contribution < 1.29 is 28.8 Å². The molecule has 2 heterocycles. The van der Waals surface area contributed by atoms with Gasteiger partial charge in [-0.1, -0.05) is 6.58 Å². The molecule has 150 valence electrons. The van der Waals surface area contributed by atoms with Gasteiger partial charge < -0.3 is 28.8 Å². The van der Waals surface area contributed by atoms with Crippen LogP contribution in [-0.2, 0) is 6.42 Å². The summed E-state index contributed by atoms with van der Waals surface area (Å²) in [4.78, 5) is 13.1. The van der Waals surface area contributed by atoms with E-state index in [-0.39, 0.29) is 45.8 Å². The molecule has 0 bridgehead atoms. The van der Waals surface area contributed by atoms with E-state index in [1.54, 1.807) is 12.1 Å². The van der Waals surface area contributed by atoms with Crippen molar-refractivity contribution in [3.8, 4) is 40.1 Å². The van der Waals surface area contributed by atoms with E-state index in [0.717, 1.165) is 5.57 Å². The zero-order valence-corrected chi connectivity index (χ0v) is 16.2. The number of rotatable bonds is 4. The molecule has 0 aliphatic carbocycles. The Kier molecular flexibility index (Phi) is 4.38. The lowest BCUT2D eigenvalue weighted by Gasteiger charge is -2.12. The monoisotopic (exact) mass is 396 g/mol. The molecule has 0 saturated carbocycles. The second-order valence-electron chi connectivity index (χ2n) is 6.91. The van der Waals surface area contributed by atoms with Gasteiger partial charge in [0.15, 0.2) is 17.3 Å². The molecule has 0 spiro atoms. The highest BCUT2D eigenvalue weighted by atomic mass is 16.5. The summed E-state index contributed by atoms with van der Waals surface area (Å²) in [6.45, 7) is 5.74. The lowest BCUT2D eigenvalue weighted by Crippen LogP contribution is -2.13. The summed E-state index contributed by atoms with van der Waals surface area (Å²) < 4.78 is 22.3. The van der Waals surface area contributed by atoms with E-state index in [2.05, 4.69) is 6.58 Å². The first-order valence-electron chi connectivity index (χ1n) is 8.94. The first-order valence-corrected chi connectivity index (χ1v) is 8.94. The molecule has 0 saturated heterocycles. The van der Waals surface area contributed by atoms with E-state index in [1.807, 2.05) is 6.92 Å². The Morgan fingerprint density at radius 1 is 1.21 bits per heavy atom. The number of hydrogen-bond acceptors (Lipinski definition) is 7. The van der Waals surface area contributed by atoms with Crippen LogP contribution in [0.1, 0.15) is 12.5 Å². The summed E-state index contributed by atoms with van der Waals surface area (Å²) in [6, 6.07) is 6.13. The highest BCUT2D eigenvalue weighted by Crippen LogP contribution is 2.44. The van der Waals surface area contributed by atoms with E-state index >= 15 is 0 Å². The second kappa shape index (κ2) is 6.77. The van der Waals surface area contributed by atoms with E-state index in [0.29, 0.717) is 23.3 Å². The highest BCUT2D eigenvalue weighted by Gasteiger charge is 2.30. The zero-order chi connectivity index (χ0) is 20.9. The Morgan fingerprint density at radius 3 is 2.62 bits per heavy atom. The van der Waals surface area contributed by atoms with Gasteiger partial charge in [0.1, 0.15) is 28.6 Å². The number of phenols is 2. The zero-order valence-electron chi connectivity index (χ0n) is 16.2. The van der Waals surface area contributed by atoms with Crippen LogP contribution in [0, 0.1) is 0 Å². The smallest absolute Gasteiger partial charge is 0.239 e. The Morgan fingerprint density at radius 2 is 1.97 bits per heavy atom. The fourth-order valence-corrected chi connectivity index (χ4v) is 3.49. The molecule has 2 N–H and O–H groups in total. The van der Waals surface area contributed by atoms with Gasteiger partial charge in [-0.05, 0) is 30.7 Å². The summed E-state index contributed by atoms with van der Waals surface area (Å²) in [6.07, 6.45) is 0.149.